The van der Waals surface area contributed by atoms with E-state index in [0.717, 1.165) is 25.1 Å². The SMILES string of the molecule is CCC(C)c1ccc(NC(=O)CCCNC)cc1. The van der Waals surface area contributed by atoms with E-state index in [-0.39, 0.29) is 5.91 Å². The van der Waals surface area contributed by atoms with Crippen molar-refractivity contribution < 1.29 is 4.79 Å². The highest BCUT2D eigenvalue weighted by Gasteiger charge is 2.04. The smallest absolute Gasteiger partial charge is 0.224 e. The normalized spacial score (nSPS) is 12.2. The van der Waals surface area contributed by atoms with Crippen LogP contribution < -0.4 is 10.6 Å². The van der Waals surface area contributed by atoms with E-state index in [1.165, 1.54) is 5.56 Å². The predicted molar refractivity (Wildman–Crippen MR) is 76.9 cm³/mol. The van der Waals surface area contributed by atoms with E-state index in [1.807, 2.05) is 19.2 Å². The number of benzene rings is 1. The Morgan fingerprint density at radius 1 is 1.28 bits per heavy atom. The van der Waals surface area contributed by atoms with Crippen LogP contribution in [-0.4, -0.2) is 19.5 Å². The van der Waals surface area contributed by atoms with Gasteiger partial charge in [0.1, 0.15) is 0 Å². The molecule has 1 atom stereocenters. The Labute approximate surface area is 110 Å². The molecule has 18 heavy (non-hydrogen) atoms. The Bertz CT molecular complexity index is 359. The van der Waals surface area contributed by atoms with Gasteiger partial charge in [0.15, 0.2) is 0 Å². The summed E-state index contributed by atoms with van der Waals surface area (Å²) in [7, 11) is 1.89. The van der Waals surface area contributed by atoms with E-state index in [1.54, 1.807) is 0 Å². The molecular formula is C15H24N2O. The lowest BCUT2D eigenvalue weighted by Crippen LogP contribution is -2.15. The second-order valence-corrected chi connectivity index (χ2v) is 4.69. The van der Waals surface area contributed by atoms with Crippen LogP contribution in [0.15, 0.2) is 24.3 Å². The predicted octanol–water partition coefficient (Wildman–Crippen LogP) is 3.14. The molecule has 3 heteroatoms. The number of anilines is 1. The van der Waals surface area contributed by atoms with Gasteiger partial charge < -0.3 is 10.6 Å². The van der Waals surface area contributed by atoms with Crippen molar-refractivity contribution in [1.29, 1.82) is 0 Å². The topological polar surface area (TPSA) is 41.1 Å². The Morgan fingerprint density at radius 2 is 1.94 bits per heavy atom. The first-order valence-electron chi connectivity index (χ1n) is 6.71. The second kappa shape index (κ2) is 7.88. The fourth-order valence-corrected chi connectivity index (χ4v) is 1.78. The number of carbonyl (C=O) groups excluding carboxylic acids is 1. The van der Waals surface area contributed by atoms with Crippen molar-refractivity contribution in [3.8, 4) is 0 Å². The summed E-state index contributed by atoms with van der Waals surface area (Å²) in [6.45, 7) is 5.27. The lowest BCUT2D eigenvalue weighted by Gasteiger charge is -2.10. The van der Waals surface area contributed by atoms with Crippen molar-refractivity contribution >= 4 is 11.6 Å². The van der Waals surface area contributed by atoms with Gasteiger partial charge in [-0.3, -0.25) is 4.79 Å². The van der Waals surface area contributed by atoms with Crippen LogP contribution in [-0.2, 0) is 4.79 Å². The summed E-state index contributed by atoms with van der Waals surface area (Å²) in [4.78, 5) is 11.6. The first-order chi connectivity index (χ1) is 8.67. The van der Waals surface area contributed by atoms with E-state index in [2.05, 4.69) is 36.6 Å². The number of rotatable bonds is 7. The summed E-state index contributed by atoms with van der Waals surface area (Å²) >= 11 is 0. The standard InChI is InChI=1S/C15H24N2O/c1-4-12(2)13-7-9-14(10-8-13)17-15(18)6-5-11-16-3/h7-10,12,16H,4-6,11H2,1-3H3,(H,17,18). The molecule has 0 saturated carbocycles. The van der Waals surface area contributed by atoms with Crippen molar-refractivity contribution in [1.82, 2.24) is 5.32 Å². The fourth-order valence-electron chi connectivity index (χ4n) is 1.78. The zero-order valence-electron chi connectivity index (χ0n) is 11.6. The zero-order valence-corrected chi connectivity index (χ0v) is 11.6. The maximum absolute atomic E-state index is 11.6. The summed E-state index contributed by atoms with van der Waals surface area (Å²) in [5.74, 6) is 0.659. The summed E-state index contributed by atoms with van der Waals surface area (Å²) in [6, 6.07) is 8.16. The Kier molecular flexibility index (Phi) is 6.44. The molecule has 1 unspecified atom stereocenters. The molecule has 0 aliphatic carbocycles. The maximum Gasteiger partial charge on any atom is 0.224 e. The molecule has 0 saturated heterocycles. The van der Waals surface area contributed by atoms with Gasteiger partial charge >= 0.3 is 0 Å². The monoisotopic (exact) mass is 248 g/mol. The third-order valence-corrected chi connectivity index (χ3v) is 3.21. The van der Waals surface area contributed by atoms with Crippen molar-refractivity contribution in [2.75, 3.05) is 18.9 Å². The van der Waals surface area contributed by atoms with Gasteiger partial charge in [0.2, 0.25) is 5.91 Å². The lowest BCUT2D eigenvalue weighted by atomic mass is 9.99. The van der Waals surface area contributed by atoms with E-state index in [4.69, 9.17) is 0 Å². The van der Waals surface area contributed by atoms with Crippen molar-refractivity contribution in [2.45, 2.75) is 39.0 Å². The third-order valence-electron chi connectivity index (χ3n) is 3.21. The second-order valence-electron chi connectivity index (χ2n) is 4.69. The molecule has 1 rings (SSSR count). The molecule has 1 amide bonds. The van der Waals surface area contributed by atoms with E-state index in [0.29, 0.717) is 12.3 Å². The quantitative estimate of drug-likeness (QED) is 0.728. The summed E-state index contributed by atoms with van der Waals surface area (Å²) in [5.41, 5.74) is 2.21. The fraction of sp³-hybridized carbons (Fsp3) is 0.533. The van der Waals surface area contributed by atoms with Crippen molar-refractivity contribution in [3.63, 3.8) is 0 Å². The zero-order chi connectivity index (χ0) is 13.4. The average Bonchev–Trinajstić information content (AvgIpc) is 2.39. The molecule has 100 valence electrons. The third kappa shape index (κ3) is 4.88. The lowest BCUT2D eigenvalue weighted by molar-refractivity contribution is -0.116. The molecule has 0 heterocycles. The number of carbonyl (C=O) groups is 1. The average molecular weight is 248 g/mol. The van der Waals surface area contributed by atoms with Crippen LogP contribution in [0.1, 0.15) is 44.6 Å². The summed E-state index contributed by atoms with van der Waals surface area (Å²) < 4.78 is 0. The van der Waals surface area contributed by atoms with Crippen molar-refractivity contribution in [2.24, 2.45) is 0 Å². The van der Waals surface area contributed by atoms with Gasteiger partial charge in [-0.15, -0.1) is 0 Å². The molecule has 2 N–H and O–H groups in total. The van der Waals surface area contributed by atoms with Crippen molar-refractivity contribution in [3.05, 3.63) is 29.8 Å². The maximum atomic E-state index is 11.6. The highest BCUT2D eigenvalue weighted by atomic mass is 16.1. The van der Waals surface area contributed by atoms with Crippen LogP contribution in [0.5, 0.6) is 0 Å². The Morgan fingerprint density at radius 3 is 2.50 bits per heavy atom. The minimum Gasteiger partial charge on any atom is -0.326 e. The van der Waals surface area contributed by atoms with Gasteiger partial charge in [-0.1, -0.05) is 26.0 Å². The number of hydrogen-bond donors (Lipinski definition) is 2. The minimum absolute atomic E-state index is 0.0848. The molecule has 0 fully saturated rings. The van der Waals surface area contributed by atoms with Gasteiger partial charge in [-0.2, -0.15) is 0 Å². The first-order valence-corrected chi connectivity index (χ1v) is 6.71. The largest absolute Gasteiger partial charge is 0.326 e. The van der Waals surface area contributed by atoms with E-state index >= 15 is 0 Å². The Hall–Kier alpha value is -1.35. The molecule has 3 nitrogen and oxygen atoms in total. The summed E-state index contributed by atoms with van der Waals surface area (Å²) in [5, 5.41) is 5.95. The Balaban J connectivity index is 2.45. The first kappa shape index (κ1) is 14.7. The molecule has 1 aromatic carbocycles. The van der Waals surface area contributed by atoms with Gasteiger partial charge in [-0.25, -0.2) is 0 Å². The molecule has 0 bridgehead atoms. The number of amides is 1. The highest BCUT2D eigenvalue weighted by Crippen LogP contribution is 2.20. The molecule has 1 aromatic rings. The molecule has 0 aromatic heterocycles. The molecule has 0 spiro atoms. The van der Waals surface area contributed by atoms with Crippen LogP contribution in [0.2, 0.25) is 0 Å². The minimum atomic E-state index is 0.0848. The highest BCUT2D eigenvalue weighted by molar-refractivity contribution is 5.90. The molecule has 0 aliphatic rings. The van der Waals surface area contributed by atoms with E-state index < -0.39 is 0 Å². The van der Waals surface area contributed by atoms with Gasteiger partial charge in [0, 0.05) is 12.1 Å². The molecule has 0 radical (unpaired) electrons. The molecule has 0 aliphatic heterocycles. The summed E-state index contributed by atoms with van der Waals surface area (Å²) in [6.07, 6.45) is 2.57. The van der Waals surface area contributed by atoms with Crippen LogP contribution in [0.4, 0.5) is 5.69 Å². The van der Waals surface area contributed by atoms with Gasteiger partial charge in [-0.05, 0) is 50.0 Å². The van der Waals surface area contributed by atoms with Crippen LogP contribution in [0.25, 0.3) is 0 Å². The molecular weight excluding hydrogens is 224 g/mol. The van der Waals surface area contributed by atoms with Crippen LogP contribution in [0.3, 0.4) is 0 Å². The van der Waals surface area contributed by atoms with Gasteiger partial charge in [0.25, 0.3) is 0 Å². The van der Waals surface area contributed by atoms with E-state index in [9.17, 15) is 4.79 Å². The van der Waals surface area contributed by atoms with Crippen LogP contribution in [0, 0.1) is 0 Å². The number of hydrogen-bond acceptors (Lipinski definition) is 2. The van der Waals surface area contributed by atoms with Gasteiger partial charge in [0.05, 0.1) is 0 Å². The number of nitrogens with one attached hydrogen (secondary N) is 2. The van der Waals surface area contributed by atoms with Crippen LogP contribution >= 0.6 is 0 Å².